The lowest BCUT2D eigenvalue weighted by Crippen LogP contribution is -1.90. The topological polar surface area (TPSA) is 28.7 Å². The normalized spacial score (nSPS) is 10.8. The molecule has 2 nitrogen and oxygen atoms in total. The van der Waals surface area contributed by atoms with Gasteiger partial charge in [0.05, 0.1) is 11.9 Å². The molecule has 0 spiro atoms. The summed E-state index contributed by atoms with van der Waals surface area (Å²) in [5.74, 6) is 0.951. The van der Waals surface area contributed by atoms with Crippen molar-refractivity contribution in [3.63, 3.8) is 0 Å². The minimum absolute atomic E-state index is 0.758. The highest BCUT2D eigenvalue weighted by Gasteiger charge is 2.05. The molecule has 1 heterocycles. The maximum atomic E-state index is 6.01. The number of nitrogens with one attached hydrogen (secondary N) is 1. The minimum Gasteiger partial charge on any atom is -0.342 e. The van der Waals surface area contributed by atoms with Gasteiger partial charge in [-0.2, -0.15) is 0 Å². The summed E-state index contributed by atoms with van der Waals surface area (Å²) in [6.45, 7) is 2.16. The summed E-state index contributed by atoms with van der Waals surface area (Å²) < 4.78 is 0. The van der Waals surface area contributed by atoms with Crippen molar-refractivity contribution in [2.24, 2.45) is 0 Å². The molecule has 0 bridgehead atoms. The summed E-state index contributed by atoms with van der Waals surface area (Å²) in [4.78, 5) is 7.84. The van der Waals surface area contributed by atoms with Gasteiger partial charge in [-0.25, -0.2) is 4.98 Å². The van der Waals surface area contributed by atoms with E-state index < -0.39 is 0 Å². The second-order valence-corrected chi connectivity index (χ2v) is 5.54. The Morgan fingerprint density at radius 1 is 1.05 bits per heavy atom. The second-order valence-electron chi connectivity index (χ2n) is 5.10. The highest BCUT2D eigenvalue weighted by molar-refractivity contribution is 6.30. The second kappa shape index (κ2) is 6.15. The number of nitrogens with zero attached hydrogens (tertiary/aromatic N) is 1. The zero-order valence-electron chi connectivity index (χ0n) is 11.9. The van der Waals surface area contributed by atoms with Gasteiger partial charge in [0.1, 0.15) is 5.82 Å². The van der Waals surface area contributed by atoms with Gasteiger partial charge in [0.25, 0.3) is 0 Å². The number of rotatable bonds is 4. The molecule has 0 aliphatic rings. The van der Waals surface area contributed by atoms with E-state index in [1.165, 1.54) is 5.56 Å². The van der Waals surface area contributed by atoms with Crippen molar-refractivity contribution in [3.05, 3.63) is 76.7 Å². The first-order valence-electron chi connectivity index (χ1n) is 7.12. The SMILES string of the molecule is CCc1ccc(-c2cnc(Cc3cccc(Cl)c3)[nH]2)cc1. The Balaban J connectivity index is 1.79. The van der Waals surface area contributed by atoms with Crippen LogP contribution in [0.2, 0.25) is 5.02 Å². The predicted molar refractivity (Wildman–Crippen MR) is 87.7 cm³/mol. The number of benzene rings is 2. The van der Waals surface area contributed by atoms with Crippen LogP contribution in [0.3, 0.4) is 0 Å². The van der Waals surface area contributed by atoms with Crippen LogP contribution in [0.25, 0.3) is 11.3 Å². The Morgan fingerprint density at radius 2 is 1.86 bits per heavy atom. The molecule has 0 aliphatic carbocycles. The Labute approximate surface area is 129 Å². The molecular weight excluding hydrogens is 280 g/mol. The van der Waals surface area contributed by atoms with Crippen molar-refractivity contribution >= 4 is 11.6 Å². The molecule has 3 aromatic rings. The fourth-order valence-electron chi connectivity index (χ4n) is 2.36. The third kappa shape index (κ3) is 3.34. The summed E-state index contributed by atoms with van der Waals surface area (Å²) in [5, 5.41) is 0.759. The Morgan fingerprint density at radius 3 is 2.57 bits per heavy atom. The molecule has 0 saturated heterocycles. The smallest absolute Gasteiger partial charge is 0.110 e. The van der Waals surface area contributed by atoms with Gasteiger partial charge in [-0.15, -0.1) is 0 Å². The lowest BCUT2D eigenvalue weighted by Gasteiger charge is -2.01. The molecule has 3 rings (SSSR count). The monoisotopic (exact) mass is 296 g/mol. The average Bonchev–Trinajstić information content (AvgIpc) is 2.96. The number of aryl methyl sites for hydroxylation is 1. The van der Waals surface area contributed by atoms with E-state index in [2.05, 4.69) is 47.2 Å². The highest BCUT2D eigenvalue weighted by Crippen LogP contribution is 2.19. The van der Waals surface area contributed by atoms with Gasteiger partial charge in [0.2, 0.25) is 0 Å². The van der Waals surface area contributed by atoms with E-state index in [-0.39, 0.29) is 0 Å². The first kappa shape index (κ1) is 13.9. The zero-order chi connectivity index (χ0) is 14.7. The lowest BCUT2D eigenvalue weighted by molar-refractivity contribution is 1.03. The number of aromatic nitrogens is 2. The Hall–Kier alpha value is -2.06. The summed E-state index contributed by atoms with van der Waals surface area (Å²) in [6.07, 6.45) is 3.71. The first-order valence-corrected chi connectivity index (χ1v) is 7.50. The van der Waals surface area contributed by atoms with E-state index in [4.69, 9.17) is 11.6 Å². The molecule has 106 valence electrons. The zero-order valence-corrected chi connectivity index (χ0v) is 12.7. The van der Waals surface area contributed by atoms with Gasteiger partial charge >= 0.3 is 0 Å². The van der Waals surface area contributed by atoms with Crippen LogP contribution in [0.1, 0.15) is 23.9 Å². The number of hydrogen-bond donors (Lipinski definition) is 1. The maximum Gasteiger partial charge on any atom is 0.110 e. The maximum absolute atomic E-state index is 6.01. The van der Waals surface area contributed by atoms with E-state index in [9.17, 15) is 0 Å². The molecule has 0 unspecified atom stereocenters. The number of hydrogen-bond acceptors (Lipinski definition) is 1. The Bertz CT molecular complexity index is 729. The van der Waals surface area contributed by atoms with Gasteiger partial charge < -0.3 is 4.98 Å². The third-order valence-electron chi connectivity index (χ3n) is 3.56. The number of H-pyrrole nitrogens is 1. The van der Waals surface area contributed by atoms with Crippen molar-refractivity contribution in [1.82, 2.24) is 9.97 Å². The van der Waals surface area contributed by atoms with Crippen molar-refractivity contribution in [2.75, 3.05) is 0 Å². The molecule has 21 heavy (non-hydrogen) atoms. The van der Waals surface area contributed by atoms with Crippen LogP contribution in [0.15, 0.2) is 54.7 Å². The van der Waals surface area contributed by atoms with Crippen LogP contribution < -0.4 is 0 Å². The van der Waals surface area contributed by atoms with Crippen LogP contribution in [0.5, 0.6) is 0 Å². The van der Waals surface area contributed by atoms with Crippen molar-refractivity contribution in [1.29, 1.82) is 0 Å². The van der Waals surface area contributed by atoms with Crippen LogP contribution in [0.4, 0.5) is 0 Å². The quantitative estimate of drug-likeness (QED) is 0.730. The largest absolute Gasteiger partial charge is 0.342 e. The first-order chi connectivity index (χ1) is 10.2. The minimum atomic E-state index is 0.758. The van der Waals surface area contributed by atoms with Crippen molar-refractivity contribution < 1.29 is 0 Å². The lowest BCUT2D eigenvalue weighted by atomic mass is 10.1. The summed E-state index contributed by atoms with van der Waals surface area (Å²) in [6, 6.07) is 16.5. The third-order valence-corrected chi connectivity index (χ3v) is 3.80. The van der Waals surface area contributed by atoms with Gasteiger partial charge in [0, 0.05) is 11.4 Å². The molecule has 0 saturated carbocycles. The fraction of sp³-hybridized carbons (Fsp3) is 0.167. The van der Waals surface area contributed by atoms with E-state index in [0.29, 0.717) is 0 Å². The van der Waals surface area contributed by atoms with Gasteiger partial charge in [-0.1, -0.05) is 54.9 Å². The van der Waals surface area contributed by atoms with Crippen LogP contribution >= 0.6 is 11.6 Å². The fourth-order valence-corrected chi connectivity index (χ4v) is 2.57. The van der Waals surface area contributed by atoms with Crippen molar-refractivity contribution in [3.8, 4) is 11.3 Å². The van der Waals surface area contributed by atoms with Crippen molar-refractivity contribution in [2.45, 2.75) is 19.8 Å². The van der Waals surface area contributed by atoms with E-state index >= 15 is 0 Å². The van der Waals surface area contributed by atoms with E-state index in [0.717, 1.165) is 40.5 Å². The molecular formula is C18H17ClN2. The average molecular weight is 297 g/mol. The molecule has 2 aromatic carbocycles. The van der Waals surface area contributed by atoms with Gasteiger partial charge in [0.15, 0.2) is 0 Å². The van der Waals surface area contributed by atoms with Crippen LogP contribution in [0, 0.1) is 0 Å². The Kier molecular flexibility index (Phi) is 4.07. The molecule has 0 amide bonds. The highest BCUT2D eigenvalue weighted by atomic mass is 35.5. The molecule has 0 aliphatic heterocycles. The number of imidazole rings is 1. The van der Waals surface area contributed by atoms with Gasteiger partial charge in [-0.05, 0) is 35.2 Å². The number of halogens is 1. The van der Waals surface area contributed by atoms with E-state index in [1.54, 1.807) is 0 Å². The molecule has 0 fully saturated rings. The van der Waals surface area contributed by atoms with Crippen LogP contribution in [-0.2, 0) is 12.8 Å². The molecule has 3 heteroatoms. The molecule has 1 N–H and O–H groups in total. The number of aromatic amines is 1. The van der Waals surface area contributed by atoms with Gasteiger partial charge in [-0.3, -0.25) is 0 Å². The summed E-state index contributed by atoms with van der Waals surface area (Å²) in [7, 11) is 0. The summed E-state index contributed by atoms with van der Waals surface area (Å²) >= 11 is 6.01. The standard InChI is InChI=1S/C18H17ClN2/c1-2-13-6-8-15(9-7-13)17-12-20-18(21-17)11-14-4-3-5-16(19)10-14/h3-10,12H,2,11H2,1H3,(H,20,21). The van der Waals surface area contributed by atoms with E-state index in [1.807, 2.05) is 24.4 Å². The molecule has 0 radical (unpaired) electrons. The molecule has 1 aromatic heterocycles. The summed E-state index contributed by atoms with van der Waals surface area (Å²) in [5.41, 5.74) is 4.72. The molecule has 0 atom stereocenters. The predicted octanol–water partition coefficient (Wildman–Crippen LogP) is 4.88. The van der Waals surface area contributed by atoms with Crippen LogP contribution in [-0.4, -0.2) is 9.97 Å².